The van der Waals surface area contributed by atoms with Gasteiger partial charge in [0.05, 0.1) is 21.1 Å². The molecule has 0 aliphatic rings. The molecule has 0 spiro atoms. The van der Waals surface area contributed by atoms with Crippen LogP contribution >= 0.6 is 0 Å². The van der Waals surface area contributed by atoms with Crippen LogP contribution in [-0.4, -0.2) is 31.7 Å². The second-order valence-electron chi connectivity index (χ2n) is 5.96. The highest BCUT2D eigenvalue weighted by Gasteiger charge is 2.21. The topological polar surface area (TPSA) is 0 Å². The Morgan fingerprint density at radius 2 is 1.40 bits per heavy atom. The van der Waals surface area contributed by atoms with Crippen LogP contribution in [0.15, 0.2) is 60.7 Å². The molecule has 2 rings (SSSR count). The van der Waals surface area contributed by atoms with E-state index >= 15 is 0 Å². The van der Waals surface area contributed by atoms with Gasteiger partial charge in [0.15, 0.2) is 6.04 Å². The molecule has 1 heteroatoms. The van der Waals surface area contributed by atoms with Gasteiger partial charge in [-0.15, -0.1) is 0 Å². The molecule has 1 nitrogen and oxygen atoms in total. The number of hydrogen-bond donors (Lipinski definition) is 0. The maximum Gasteiger partial charge on any atom is 0.154 e. The maximum absolute atomic E-state index is 3.45. The van der Waals surface area contributed by atoms with E-state index in [2.05, 4.69) is 75.4 Å². The molecule has 0 aromatic heterocycles. The zero-order valence-electron chi connectivity index (χ0n) is 12.5. The molecular weight excluding hydrogens is 242 g/mol. The third-order valence-electron chi connectivity index (χ3n) is 3.36. The molecule has 1 unspecified atom stereocenters. The lowest BCUT2D eigenvalue weighted by molar-refractivity contribution is -0.887. The van der Waals surface area contributed by atoms with E-state index in [9.17, 15) is 0 Å². The quantitative estimate of drug-likeness (QED) is 0.589. The van der Waals surface area contributed by atoms with Crippen LogP contribution in [0.2, 0.25) is 0 Å². The van der Waals surface area contributed by atoms with E-state index in [1.807, 2.05) is 18.2 Å². The average molecular weight is 264 g/mol. The normalized spacial score (nSPS) is 12.3. The number of hydrogen-bond acceptors (Lipinski definition) is 0. The van der Waals surface area contributed by atoms with Gasteiger partial charge in [0.1, 0.15) is 0 Å². The highest BCUT2D eigenvalue weighted by atomic mass is 15.3. The average Bonchev–Trinajstić information content (AvgIpc) is 2.44. The van der Waals surface area contributed by atoms with Crippen LogP contribution in [0.25, 0.3) is 0 Å². The Kier molecular flexibility index (Phi) is 4.61. The minimum absolute atomic E-state index is 0.289. The molecule has 0 heterocycles. The van der Waals surface area contributed by atoms with Gasteiger partial charge in [-0.3, -0.25) is 0 Å². The van der Waals surface area contributed by atoms with Crippen molar-refractivity contribution in [3.63, 3.8) is 0 Å². The van der Waals surface area contributed by atoms with Gasteiger partial charge in [0.25, 0.3) is 0 Å². The van der Waals surface area contributed by atoms with E-state index in [0.29, 0.717) is 0 Å². The van der Waals surface area contributed by atoms with Crippen molar-refractivity contribution in [3.05, 3.63) is 71.8 Å². The summed E-state index contributed by atoms with van der Waals surface area (Å²) in [7, 11) is 6.60. The number of benzene rings is 2. The van der Waals surface area contributed by atoms with Crippen molar-refractivity contribution >= 4 is 0 Å². The van der Waals surface area contributed by atoms with Crippen molar-refractivity contribution in [1.82, 2.24) is 0 Å². The Hall–Kier alpha value is -2.04. The lowest BCUT2D eigenvalue weighted by atomic mass is 10.0. The lowest BCUT2D eigenvalue weighted by Gasteiger charge is -2.30. The van der Waals surface area contributed by atoms with Gasteiger partial charge in [-0.25, -0.2) is 0 Å². The Morgan fingerprint density at radius 3 is 1.95 bits per heavy atom. The smallest absolute Gasteiger partial charge is 0.154 e. The number of likely N-dealkylation sites (N-methyl/N-ethyl adjacent to an activating group) is 1. The molecule has 0 aliphatic carbocycles. The second kappa shape index (κ2) is 6.41. The van der Waals surface area contributed by atoms with Crippen molar-refractivity contribution < 1.29 is 4.48 Å². The highest BCUT2D eigenvalue weighted by molar-refractivity contribution is 5.35. The van der Waals surface area contributed by atoms with Gasteiger partial charge in [-0.1, -0.05) is 54.5 Å². The van der Waals surface area contributed by atoms with Crippen molar-refractivity contribution in [2.75, 3.05) is 21.1 Å². The molecule has 0 saturated carbocycles. The minimum Gasteiger partial charge on any atom is -0.318 e. The first kappa shape index (κ1) is 14.4. The molecule has 0 amide bonds. The summed E-state index contributed by atoms with van der Waals surface area (Å²) in [6.07, 6.45) is 0.976. The Morgan fingerprint density at radius 1 is 0.850 bits per heavy atom. The summed E-state index contributed by atoms with van der Waals surface area (Å²) in [5, 5.41) is 0. The van der Waals surface area contributed by atoms with Gasteiger partial charge in [-0.2, -0.15) is 0 Å². The Bertz CT molecular complexity index is 582. The molecule has 1 atom stereocenters. The third kappa shape index (κ3) is 4.26. The fourth-order valence-corrected chi connectivity index (χ4v) is 2.04. The van der Waals surface area contributed by atoms with Crippen LogP contribution in [0.5, 0.6) is 0 Å². The predicted octanol–water partition coefficient (Wildman–Crippen LogP) is 3.36. The van der Waals surface area contributed by atoms with Crippen molar-refractivity contribution in [2.24, 2.45) is 0 Å². The summed E-state index contributed by atoms with van der Waals surface area (Å²) in [4.78, 5) is 0. The van der Waals surface area contributed by atoms with Gasteiger partial charge < -0.3 is 4.48 Å². The molecule has 0 aliphatic heterocycles. The van der Waals surface area contributed by atoms with Crippen LogP contribution in [0.1, 0.15) is 11.1 Å². The third-order valence-corrected chi connectivity index (χ3v) is 3.36. The molecule has 0 bridgehead atoms. The molecule has 0 radical (unpaired) electrons. The summed E-state index contributed by atoms with van der Waals surface area (Å²) in [6, 6.07) is 21.1. The van der Waals surface area contributed by atoms with Crippen molar-refractivity contribution in [1.29, 1.82) is 0 Å². The second-order valence-corrected chi connectivity index (χ2v) is 5.96. The van der Waals surface area contributed by atoms with Crippen LogP contribution in [0.4, 0.5) is 0 Å². The molecule has 0 N–H and O–H groups in total. The van der Waals surface area contributed by atoms with Crippen LogP contribution in [-0.2, 0) is 6.42 Å². The molecule has 2 aromatic rings. The van der Waals surface area contributed by atoms with Crippen LogP contribution in [0, 0.1) is 11.8 Å². The van der Waals surface area contributed by atoms with Gasteiger partial charge in [0.2, 0.25) is 0 Å². The Labute approximate surface area is 122 Å². The van der Waals surface area contributed by atoms with Crippen LogP contribution in [0.3, 0.4) is 0 Å². The standard InChI is InChI=1S/C19H22N/c1-20(2,3)19(16-18-12-8-5-9-13-18)15-14-17-10-6-4-7-11-17/h4-13,19H,16H2,1-3H3/q+1. The lowest BCUT2D eigenvalue weighted by Crippen LogP contribution is -2.45. The van der Waals surface area contributed by atoms with Gasteiger partial charge in [0, 0.05) is 12.0 Å². The number of rotatable bonds is 3. The largest absolute Gasteiger partial charge is 0.318 e. The monoisotopic (exact) mass is 264 g/mol. The summed E-state index contributed by atoms with van der Waals surface area (Å²) in [5.74, 6) is 6.75. The summed E-state index contributed by atoms with van der Waals surface area (Å²) in [5.41, 5.74) is 2.42. The SMILES string of the molecule is C[N+](C)(C)C(C#Cc1ccccc1)Cc1ccccc1. The zero-order chi connectivity index (χ0) is 14.4. The van der Waals surface area contributed by atoms with Gasteiger partial charge >= 0.3 is 0 Å². The Balaban J connectivity index is 2.20. The number of nitrogens with zero attached hydrogens (tertiary/aromatic N) is 1. The summed E-state index contributed by atoms with van der Waals surface area (Å²) >= 11 is 0. The predicted molar refractivity (Wildman–Crippen MR) is 85.3 cm³/mol. The van der Waals surface area contributed by atoms with E-state index in [-0.39, 0.29) is 6.04 Å². The van der Waals surface area contributed by atoms with E-state index in [4.69, 9.17) is 0 Å². The molecule has 0 saturated heterocycles. The summed E-state index contributed by atoms with van der Waals surface area (Å²) in [6.45, 7) is 0. The minimum atomic E-state index is 0.289. The first-order valence-corrected chi connectivity index (χ1v) is 6.97. The molecule has 0 fully saturated rings. The van der Waals surface area contributed by atoms with Crippen molar-refractivity contribution in [3.8, 4) is 11.8 Å². The molecule has 2 aromatic carbocycles. The van der Waals surface area contributed by atoms with Gasteiger partial charge in [-0.05, 0) is 23.6 Å². The first-order chi connectivity index (χ1) is 9.55. The van der Waals surface area contributed by atoms with E-state index in [1.54, 1.807) is 0 Å². The summed E-state index contributed by atoms with van der Waals surface area (Å²) < 4.78 is 0.842. The molecule has 102 valence electrons. The first-order valence-electron chi connectivity index (χ1n) is 6.97. The fourth-order valence-electron chi connectivity index (χ4n) is 2.04. The van der Waals surface area contributed by atoms with E-state index in [0.717, 1.165) is 16.5 Å². The molecule has 20 heavy (non-hydrogen) atoms. The van der Waals surface area contributed by atoms with E-state index in [1.165, 1.54) is 5.56 Å². The van der Waals surface area contributed by atoms with Crippen molar-refractivity contribution in [2.45, 2.75) is 12.5 Å². The molecular formula is C19H22N+. The highest BCUT2D eigenvalue weighted by Crippen LogP contribution is 2.11. The van der Waals surface area contributed by atoms with E-state index < -0.39 is 0 Å². The van der Waals surface area contributed by atoms with Crippen LogP contribution < -0.4 is 0 Å². The fraction of sp³-hybridized carbons (Fsp3) is 0.263. The maximum atomic E-state index is 3.45. The zero-order valence-corrected chi connectivity index (χ0v) is 12.5. The number of quaternary nitrogens is 1.